The summed E-state index contributed by atoms with van der Waals surface area (Å²) in [4.78, 5) is 2.39. The van der Waals surface area contributed by atoms with Gasteiger partial charge in [-0.05, 0) is 36.6 Å². The monoisotopic (exact) mass is 344 g/mol. The molecule has 0 saturated carbocycles. The van der Waals surface area contributed by atoms with Crippen molar-refractivity contribution in [3.8, 4) is 0 Å². The number of sulfonamides is 1. The van der Waals surface area contributed by atoms with E-state index < -0.39 is 15.8 Å². The number of ether oxygens (including phenoxy) is 1. The van der Waals surface area contributed by atoms with Crippen LogP contribution in [-0.2, 0) is 14.8 Å². The Labute approximate surface area is 137 Å². The lowest BCUT2D eigenvalue weighted by Gasteiger charge is -2.36. The molecule has 1 fully saturated rings. The second-order valence-corrected chi connectivity index (χ2v) is 7.96. The molecule has 2 rings (SSSR count). The maximum atomic E-state index is 13.2. The van der Waals surface area contributed by atoms with E-state index in [-0.39, 0.29) is 10.9 Å². The van der Waals surface area contributed by atoms with Crippen LogP contribution in [0, 0.1) is 18.7 Å². The highest BCUT2D eigenvalue weighted by Gasteiger charge is 2.26. The van der Waals surface area contributed by atoms with Crippen molar-refractivity contribution in [3.63, 3.8) is 0 Å². The van der Waals surface area contributed by atoms with Gasteiger partial charge in [0.2, 0.25) is 10.0 Å². The summed E-state index contributed by atoms with van der Waals surface area (Å²) in [7, 11) is -3.65. The molecule has 0 bridgehead atoms. The summed E-state index contributed by atoms with van der Waals surface area (Å²) in [5.74, 6) is -0.125. The fourth-order valence-electron chi connectivity index (χ4n) is 2.88. The van der Waals surface area contributed by atoms with Gasteiger partial charge in [0.05, 0.1) is 18.1 Å². The molecular formula is C16H25FN2O3S. The number of aryl methyl sites for hydroxylation is 1. The molecule has 1 aromatic carbocycles. The summed E-state index contributed by atoms with van der Waals surface area (Å²) in [6.07, 6.45) is 0. The van der Waals surface area contributed by atoms with Crippen molar-refractivity contribution in [2.24, 2.45) is 5.92 Å². The zero-order valence-electron chi connectivity index (χ0n) is 13.9. The third-order valence-corrected chi connectivity index (χ3v) is 5.78. The highest BCUT2D eigenvalue weighted by atomic mass is 32.2. The van der Waals surface area contributed by atoms with E-state index in [1.54, 1.807) is 6.92 Å². The van der Waals surface area contributed by atoms with Crippen molar-refractivity contribution in [1.29, 1.82) is 0 Å². The second-order valence-electron chi connectivity index (χ2n) is 6.22. The lowest BCUT2D eigenvalue weighted by Crippen LogP contribution is -2.51. The maximum Gasteiger partial charge on any atom is 0.240 e. The fraction of sp³-hybridized carbons (Fsp3) is 0.625. The number of benzene rings is 1. The molecule has 7 heteroatoms. The molecule has 0 unspecified atom stereocenters. The standard InChI is InChI=1S/C16H25FN2O3S/c1-12(2)15(19-6-8-22-9-7-19)11-18-23(20,21)16-5-4-14(17)10-13(16)3/h4-5,10,12,15,18H,6-9,11H2,1-3H3/t15-/m0/s1. The highest BCUT2D eigenvalue weighted by Crippen LogP contribution is 2.17. The van der Waals surface area contributed by atoms with E-state index in [0.717, 1.165) is 13.1 Å². The number of halogens is 1. The Morgan fingerprint density at radius 1 is 1.30 bits per heavy atom. The van der Waals surface area contributed by atoms with Crippen LogP contribution < -0.4 is 4.72 Å². The van der Waals surface area contributed by atoms with Crippen LogP contribution in [0.2, 0.25) is 0 Å². The van der Waals surface area contributed by atoms with E-state index in [9.17, 15) is 12.8 Å². The molecule has 1 aliphatic heterocycles. The molecule has 0 amide bonds. The summed E-state index contributed by atoms with van der Waals surface area (Å²) in [5.41, 5.74) is 0.407. The lowest BCUT2D eigenvalue weighted by molar-refractivity contribution is 0.00776. The first kappa shape index (κ1) is 18.3. The van der Waals surface area contributed by atoms with Crippen LogP contribution in [0.1, 0.15) is 19.4 Å². The minimum atomic E-state index is -3.65. The maximum absolute atomic E-state index is 13.2. The van der Waals surface area contributed by atoms with E-state index in [1.807, 2.05) is 0 Å². The van der Waals surface area contributed by atoms with Gasteiger partial charge >= 0.3 is 0 Å². The Morgan fingerprint density at radius 3 is 2.52 bits per heavy atom. The molecule has 0 spiro atoms. The lowest BCUT2D eigenvalue weighted by atomic mass is 10.0. The van der Waals surface area contributed by atoms with Crippen molar-refractivity contribution in [2.75, 3.05) is 32.8 Å². The van der Waals surface area contributed by atoms with Crippen molar-refractivity contribution >= 4 is 10.0 Å². The Hall–Kier alpha value is -1.02. The van der Waals surface area contributed by atoms with Crippen molar-refractivity contribution < 1.29 is 17.5 Å². The average molecular weight is 344 g/mol. The van der Waals surface area contributed by atoms with Gasteiger partial charge in [-0.2, -0.15) is 0 Å². The molecule has 130 valence electrons. The van der Waals surface area contributed by atoms with Gasteiger partial charge in [-0.3, -0.25) is 4.90 Å². The van der Waals surface area contributed by atoms with E-state index in [1.165, 1.54) is 18.2 Å². The van der Waals surface area contributed by atoms with Crippen LogP contribution in [-0.4, -0.2) is 52.2 Å². The zero-order valence-corrected chi connectivity index (χ0v) is 14.7. The van der Waals surface area contributed by atoms with Crippen LogP contribution in [0.5, 0.6) is 0 Å². The Balaban J connectivity index is 2.09. The predicted octanol–water partition coefficient (Wildman–Crippen LogP) is 1.77. The van der Waals surface area contributed by atoms with Crippen LogP contribution in [0.15, 0.2) is 23.1 Å². The molecule has 0 aromatic heterocycles. The van der Waals surface area contributed by atoms with E-state index in [0.29, 0.717) is 31.2 Å². The Bertz CT molecular complexity index is 628. The fourth-order valence-corrected chi connectivity index (χ4v) is 4.16. The number of nitrogens with one attached hydrogen (secondary N) is 1. The van der Waals surface area contributed by atoms with E-state index >= 15 is 0 Å². The Kier molecular flexibility index (Phi) is 6.13. The van der Waals surface area contributed by atoms with Crippen LogP contribution >= 0.6 is 0 Å². The van der Waals surface area contributed by atoms with Gasteiger partial charge in [-0.25, -0.2) is 17.5 Å². The highest BCUT2D eigenvalue weighted by molar-refractivity contribution is 7.89. The van der Waals surface area contributed by atoms with Crippen molar-refractivity contribution in [1.82, 2.24) is 9.62 Å². The molecule has 1 N–H and O–H groups in total. The first-order valence-electron chi connectivity index (χ1n) is 7.89. The summed E-state index contributed by atoms with van der Waals surface area (Å²) in [6.45, 7) is 9.05. The van der Waals surface area contributed by atoms with Gasteiger partial charge in [-0.1, -0.05) is 13.8 Å². The van der Waals surface area contributed by atoms with Gasteiger partial charge in [0.25, 0.3) is 0 Å². The molecule has 1 saturated heterocycles. The first-order chi connectivity index (χ1) is 10.8. The molecule has 0 radical (unpaired) electrons. The smallest absolute Gasteiger partial charge is 0.240 e. The van der Waals surface area contributed by atoms with Crippen LogP contribution in [0.3, 0.4) is 0 Å². The minimum absolute atomic E-state index is 0.106. The number of rotatable bonds is 6. The van der Waals surface area contributed by atoms with Gasteiger partial charge in [0.1, 0.15) is 5.82 Å². The van der Waals surface area contributed by atoms with E-state index in [2.05, 4.69) is 23.5 Å². The van der Waals surface area contributed by atoms with Crippen LogP contribution in [0.4, 0.5) is 4.39 Å². The van der Waals surface area contributed by atoms with Gasteiger partial charge in [0, 0.05) is 25.7 Å². The van der Waals surface area contributed by atoms with Crippen LogP contribution in [0.25, 0.3) is 0 Å². The molecule has 5 nitrogen and oxygen atoms in total. The van der Waals surface area contributed by atoms with E-state index in [4.69, 9.17) is 4.74 Å². The third kappa shape index (κ3) is 4.73. The van der Waals surface area contributed by atoms with Crippen molar-refractivity contribution in [2.45, 2.75) is 31.7 Å². The molecule has 23 heavy (non-hydrogen) atoms. The predicted molar refractivity (Wildman–Crippen MR) is 87.3 cm³/mol. The van der Waals surface area contributed by atoms with Gasteiger partial charge in [-0.15, -0.1) is 0 Å². The summed E-state index contributed by atoms with van der Waals surface area (Å²) < 4.78 is 46.2. The van der Waals surface area contributed by atoms with Gasteiger partial charge < -0.3 is 4.74 Å². The molecular weight excluding hydrogens is 319 g/mol. The van der Waals surface area contributed by atoms with Crippen molar-refractivity contribution in [3.05, 3.63) is 29.6 Å². The second kappa shape index (κ2) is 7.70. The first-order valence-corrected chi connectivity index (χ1v) is 9.37. The molecule has 1 heterocycles. The number of hydrogen-bond donors (Lipinski definition) is 1. The largest absolute Gasteiger partial charge is 0.379 e. The number of nitrogens with zero attached hydrogens (tertiary/aromatic N) is 1. The minimum Gasteiger partial charge on any atom is -0.379 e. The normalized spacial score (nSPS) is 18.3. The number of hydrogen-bond acceptors (Lipinski definition) is 4. The summed E-state index contributed by atoms with van der Waals surface area (Å²) in [5, 5.41) is 0. The number of morpholine rings is 1. The molecule has 1 aromatic rings. The molecule has 0 aliphatic carbocycles. The topological polar surface area (TPSA) is 58.6 Å². The summed E-state index contributed by atoms with van der Waals surface area (Å²) in [6, 6.07) is 3.82. The van der Waals surface area contributed by atoms with Gasteiger partial charge in [0.15, 0.2) is 0 Å². The average Bonchev–Trinajstić information content (AvgIpc) is 2.47. The molecule has 1 atom stereocenters. The SMILES string of the molecule is Cc1cc(F)ccc1S(=O)(=O)NC[C@@H](C(C)C)N1CCOCC1. The quantitative estimate of drug-likeness (QED) is 0.854. The third-order valence-electron chi connectivity index (χ3n) is 4.19. The Morgan fingerprint density at radius 2 is 1.96 bits per heavy atom. The zero-order chi connectivity index (χ0) is 17.0. The molecule has 1 aliphatic rings. The summed E-state index contributed by atoms with van der Waals surface area (Å²) >= 11 is 0.